The molecule has 1 rings (SSSR count). The molecule has 0 aromatic heterocycles. The summed E-state index contributed by atoms with van der Waals surface area (Å²) in [6.45, 7) is 1.71. The number of hydrogen-bond acceptors (Lipinski definition) is 4. The minimum Gasteiger partial charge on any atom is -0.507 e. The number of amides is 1. The number of phenols is 1. The minimum absolute atomic E-state index is 0.0781. The Bertz CT molecular complexity index is 366. The van der Waals surface area contributed by atoms with Gasteiger partial charge in [0.15, 0.2) is 0 Å². The number of aliphatic hydroxyl groups is 1. The lowest BCUT2D eigenvalue weighted by molar-refractivity contribution is 0.0935. The van der Waals surface area contributed by atoms with E-state index in [9.17, 15) is 9.90 Å². The van der Waals surface area contributed by atoms with Crippen LogP contribution in [0.2, 0.25) is 0 Å². The molecule has 0 aliphatic heterocycles. The predicted molar refractivity (Wildman–Crippen MR) is 60.1 cm³/mol. The van der Waals surface area contributed by atoms with Crippen LogP contribution in [0, 0.1) is 0 Å². The van der Waals surface area contributed by atoms with Gasteiger partial charge in [0.05, 0.1) is 11.7 Å². The largest absolute Gasteiger partial charge is 0.507 e. The van der Waals surface area contributed by atoms with Crippen molar-refractivity contribution >= 4 is 5.91 Å². The second-order valence-electron chi connectivity index (χ2n) is 3.63. The highest BCUT2D eigenvalue weighted by Gasteiger charge is 2.13. The summed E-state index contributed by atoms with van der Waals surface area (Å²) in [5.41, 5.74) is 5.75. The van der Waals surface area contributed by atoms with Crippen molar-refractivity contribution in [3.05, 3.63) is 29.8 Å². The van der Waals surface area contributed by atoms with Crippen molar-refractivity contribution < 1.29 is 15.0 Å². The number of rotatable bonds is 4. The molecule has 16 heavy (non-hydrogen) atoms. The fourth-order valence-corrected chi connectivity index (χ4v) is 1.14. The monoisotopic (exact) mass is 224 g/mol. The van der Waals surface area contributed by atoms with Crippen LogP contribution in [0.4, 0.5) is 0 Å². The van der Waals surface area contributed by atoms with E-state index in [0.717, 1.165) is 0 Å². The van der Waals surface area contributed by atoms with Gasteiger partial charge in [0.25, 0.3) is 5.91 Å². The van der Waals surface area contributed by atoms with Crippen LogP contribution in [-0.4, -0.2) is 34.8 Å². The van der Waals surface area contributed by atoms with E-state index < -0.39 is 18.1 Å². The van der Waals surface area contributed by atoms with Gasteiger partial charge in [-0.1, -0.05) is 12.1 Å². The van der Waals surface area contributed by atoms with Crippen LogP contribution in [0.15, 0.2) is 24.3 Å². The van der Waals surface area contributed by atoms with E-state index in [2.05, 4.69) is 5.32 Å². The van der Waals surface area contributed by atoms with Gasteiger partial charge >= 0.3 is 0 Å². The van der Waals surface area contributed by atoms with Crippen LogP contribution in [0.3, 0.4) is 0 Å². The minimum atomic E-state index is -0.690. The molecule has 5 nitrogen and oxygen atoms in total. The lowest BCUT2D eigenvalue weighted by Gasteiger charge is -2.15. The third kappa shape index (κ3) is 3.22. The van der Waals surface area contributed by atoms with Crippen molar-refractivity contribution in [3.8, 4) is 5.75 Å². The molecule has 1 aromatic carbocycles. The highest BCUT2D eigenvalue weighted by atomic mass is 16.3. The fraction of sp³-hybridized carbons (Fsp3) is 0.364. The van der Waals surface area contributed by atoms with E-state index in [1.165, 1.54) is 12.1 Å². The number of nitrogens with two attached hydrogens (primary N) is 1. The summed E-state index contributed by atoms with van der Waals surface area (Å²) in [5, 5.41) is 21.1. The second kappa shape index (κ2) is 5.48. The quantitative estimate of drug-likeness (QED) is 0.571. The van der Waals surface area contributed by atoms with Crippen LogP contribution in [0.1, 0.15) is 17.3 Å². The van der Waals surface area contributed by atoms with Crippen LogP contribution in [0.5, 0.6) is 5.75 Å². The highest BCUT2D eigenvalue weighted by Crippen LogP contribution is 2.14. The standard InChI is InChI=1S/C11H16N2O3/c1-7(14)9(12)6-13-11(16)8-4-2-3-5-10(8)15/h2-5,7,9,14-15H,6,12H2,1H3,(H,13,16). The van der Waals surface area contributed by atoms with Crippen LogP contribution in [0.25, 0.3) is 0 Å². The average molecular weight is 224 g/mol. The number of aromatic hydroxyl groups is 1. The lowest BCUT2D eigenvalue weighted by Crippen LogP contribution is -2.43. The molecule has 2 atom stereocenters. The van der Waals surface area contributed by atoms with Gasteiger partial charge in [0.1, 0.15) is 5.75 Å². The molecule has 5 heteroatoms. The molecule has 0 bridgehead atoms. The summed E-state index contributed by atoms with van der Waals surface area (Å²) in [6, 6.07) is 5.72. The van der Waals surface area contributed by atoms with E-state index in [1.54, 1.807) is 19.1 Å². The van der Waals surface area contributed by atoms with Crippen molar-refractivity contribution in [2.45, 2.75) is 19.1 Å². The summed E-state index contributed by atoms with van der Waals surface area (Å²) in [7, 11) is 0. The fourth-order valence-electron chi connectivity index (χ4n) is 1.14. The normalized spacial score (nSPS) is 14.2. The third-order valence-electron chi connectivity index (χ3n) is 2.27. The molecule has 0 fully saturated rings. The van der Waals surface area contributed by atoms with Gasteiger partial charge in [-0.25, -0.2) is 0 Å². The molecule has 0 heterocycles. The number of carbonyl (C=O) groups excluding carboxylic acids is 1. The number of aliphatic hydroxyl groups excluding tert-OH is 1. The SMILES string of the molecule is CC(O)C(N)CNC(=O)c1ccccc1O. The molecule has 0 radical (unpaired) electrons. The van der Waals surface area contributed by atoms with E-state index >= 15 is 0 Å². The number of nitrogens with one attached hydrogen (secondary N) is 1. The first kappa shape index (κ1) is 12.5. The summed E-state index contributed by atoms with van der Waals surface area (Å²) < 4.78 is 0. The van der Waals surface area contributed by atoms with Gasteiger partial charge in [0, 0.05) is 12.6 Å². The van der Waals surface area contributed by atoms with Crippen molar-refractivity contribution in [1.29, 1.82) is 0 Å². The maximum Gasteiger partial charge on any atom is 0.255 e. The van der Waals surface area contributed by atoms with E-state index in [0.29, 0.717) is 0 Å². The molecule has 5 N–H and O–H groups in total. The third-order valence-corrected chi connectivity index (χ3v) is 2.27. The van der Waals surface area contributed by atoms with Crippen molar-refractivity contribution in [3.63, 3.8) is 0 Å². The average Bonchev–Trinajstić information content (AvgIpc) is 2.25. The first-order chi connectivity index (χ1) is 7.52. The molecule has 2 unspecified atom stereocenters. The number of para-hydroxylation sites is 1. The van der Waals surface area contributed by atoms with Crippen molar-refractivity contribution in [2.75, 3.05) is 6.54 Å². The Hall–Kier alpha value is -1.59. The highest BCUT2D eigenvalue weighted by molar-refractivity contribution is 5.96. The Morgan fingerprint density at radius 1 is 1.50 bits per heavy atom. The summed E-state index contributed by atoms with van der Waals surface area (Å²) in [5.74, 6) is -0.486. The Morgan fingerprint density at radius 2 is 2.12 bits per heavy atom. The number of benzene rings is 1. The molecule has 88 valence electrons. The van der Waals surface area contributed by atoms with E-state index in [1.807, 2.05) is 0 Å². The van der Waals surface area contributed by atoms with E-state index in [4.69, 9.17) is 10.8 Å². The van der Waals surface area contributed by atoms with Gasteiger partial charge in [-0.2, -0.15) is 0 Å². The summed E-state index contributed by atoms with van der Waals surface area (Å²) in [6.07, 6.45) is -0.690. The molecular formula is C11H16N2O3. The van der Waals surface area contributed by atoms with Gasteiger partial charge in [0.2, 0.25) is 0 Å². The van der Waals surface area contributed by atoms with Gasteiger partial charge < -0.3 is 21.3 Å². The molecule has 1 amide bonds. The molecule has 0 spiro atoms. The Morgan fingerprint density at radius 3 is 2.69 bits per heavy atom. The maximum atomic E-state index is 11.6. The predicted octanol–water partition coefficient (Wildman–Crippen LogP) is -0.170. The number of hydrogen-bond donors (Lipinski definition) is 4. The van der Waals surface area contributed by atoms with Gasteiger partial charge in [-0.05, 0) is 19.1 Å². The van der Waals surface area contributed by atoms with Gasteiger partial charge in [-0.3, -0.25) is 4.79 Å². The summed E-state index contributed by atoms with van der Waals surface area (Å²) in [4.78, 5) is 11.6. The Balaban J connectivity index is 2.57. The zero-order valence-electron chi connectivity index (χ0n) is 9.05. The molecule has 0 saturated carbocycles. The van der Waals surface area contributed by atoms with Crippen LogP contribution in [-0.2, 0) is 0 Å². The molecule has 0 saturated heterocycles. The zero-order chi connectivity index (χ0) is 12.1. The van der Waals surface area contributed by atoms with Crippen LogP contribution < -0.4 is 11.1 Å². The first-order valence-corrected chi connectivity index (χ1v) is 5.02. The number of carbonyl (C=O) groups is 1. The molecule has 1 aromatic rings. The molecular weight excluding hydrogens is 208 g/mol. The smallest absolute Gasteiger partial charge is 0.255 e. The second-order valence-corrected chi connectivity index (χ2v) is 3.63. The molecule has 0 aliphatic rings. The first-order valence-electron chi connectivity index (χ1n) is 5.02. The lowest BCUT2D eigenvalue weighted by atomic mass is 10.1. The van der Waals surface area contributed by atoms with Crippen molar-refractivity contribution in [2.24, 2.45) is 5.73 Å². The zero-order valence-corrected chi connectivity index (χ0v) is 9.05. The van der Waals surface area contributed by atoms with Crippen LogP contribution >= 0.6 is 0 Å². The number of phenolic OH excluding ortho intramolecular Hbond substituents is 1. The van der Waals surface area contributed by atoms with Gasteiger partial charge in [-0.15, -0.1) is 0 Å². The Kier molecular flexibility index (Phi) is 4.28. The van der Waals surface area contributed by atoms with Crippen molar-refractivity contribution in [1.82, 2.24) is 5.32 Å². The summed E-state index contributed by atoms with van der Waals surface area (Å²) >= 11 is 0. The maximum absolute atomic E-state index is 11.6. The Labute approximate surface area is 93.9 Å². The topological polar surface area (TPSA) is 95.6 Å². The van der Waals surface area contributed by atoms with E-state index in [-0.39, 0.29) is 17.9 Å². The molecule has 0 aliphatic carbocycles.